The molecular weight excluding hydrogens is 757 g/mol. The number of allylic oxidation sites excluding steroid dienone is 14. The third-order valence-electron chi connectivity index (χ3n) is 10.4. The summed E-state index contributed by atoms with van der Waals surface area (Å²) >= 11 is 0. The second kappa shape index (κ2) is 49.2. The number of hydrogen-bond acceptors (Lipinski definition) is 6. The van der Waals surface area contributed by atoms with Crippen LogP contribution >= 0.6 is 0 Å². The fourth-order valence-corrected chi connectivity index (χ4v) is 6.64. The zero-order chi connectivity index (χ0) is 44.4. The van der Waals surface area contributed by atoms with E-state index in [1.807, 2.05) is 6.08 Å². The van der Waals surface area contributed by atoms with Crippen molar-refractivity contribution in [3.05, 3.63) is 85.1 Å². The molecule has 0 spiro atoms. The van der Waals surface area contributed by atoms with Crippen molar-refractivity contribution < 1.29 is 28.6 Å². The van der Waals surface area contributed by atoms with E-state index in [4.69, 9.17) is 14.2 Å². The van der Waals surface area contributed by atoms with Crippen LogP contribution in [-0.4, -0.2) is 37.2 Å². The third-order valence-corrected chi connectivity index (χ3v) is 10.4. The quantitative estimate of drug-likeness (QED) is 0.0263. The van der Waals surface area contributed by atoms with Gasteiger partial charge in [-0.2, -0.15) is 0 Å². The number of carbonyl (C=O) groups is 3. The van der Waals surface area contributed by atoms with Gasteiger partial charge in [-0.05, 0) is 83.5 Å². The van der Waals surface area contributed by atoms with Gasteiger partial charge in [0.05, 0.1) is 0 Å². The van der Waals surface area contributed by atoms with Crippen molar-refractivity contribution in [2.75, 3.05) is 13.2 Å². The normalized spacial score (nSPS) is 12.8. The predicted octanol–water partition coefficient (Wildman–Crippen LogP) is 16.4. The zero-order valence-corrected chi connectivity index (χ0v) is 39.7. The van der Waals surface area contributed by atoms with E-state index in [2.05, 4.69) is 99.8 Å². The van der Waals surface area contributed by atoms with Gasteiger partial charge in [-0.25, -0.2) is 0 Å². The Kier molecular flexibility index (Phi) is 46.5. The lowest BCUT2D eigenvalue weighted by Crippen LogP contribution is -2.30. The van der Waals surface area contributed by atoms with Crippen LogP contribution in [0, 0.1) is 0 Å². The van der Waals surface area contributed by atoms with E-state index in [0.29, 0.717) is 19.3 Å². The lowest BCUT2D eigenvalue weighted by Gasteiger charge is -2.18. The van der Waals surface area contributed by atoms with Gasteiger partial charge in [0.1, 0.15) is 13.2 Å². The summed E-state index contributed by atoms with van der Waals surface area (Å²) in [5.41, 5.74) is 0. The van der Waals surface area contributed by atoms with Crippen LogP contribution in [0.1, 0.15) is 226 Å². The molecule has 0 aliphatic heterocycles. The van der Waals surface area contributed by atoms with E-state index in [1.54, 1.807) is 0 Å². The van der Waals surface area contributed by atoms with Crippen molar-refractivity contribution in [2.45, 2.75) is 232 Å². The molecule has 0 saturated heterocycles. The third kappa shape index (κ3) is 47.5. The molecule has 1 unspecified atom stereocenters. The largest absolute Gasteiger partial charge is 0.462 e. The standard InChI is InChI=1S/C55H92O6/c1-4-7-10-13-16-19-21-23-25-26-27-28-30-31-33-36-39-42-45-48-54(57)60-51-52(50-59-53(56)47-44-41-38-35-18-15-12-9-6-3)61-55(58)49-46-43-40-37-34-32-29-24-22-20-17-14-11-8-5-2/h7,10,16,19-20,22-23,25,27-28,31,33,39,42,52H,4-6,8-9,11-15,17-18,21,24,26,29-30,32,34-38,40-41,43-51H2,1-3H3/b10-7-,19-16-,22-20-,25-23-,28-27-,33-31-,42-39-. The maximum Gasteiger partial charge on any atom is 0.306 e. The van der Waals surface area contributed by atoms with Crippen LogP contribution in [0.2, 0.25) is 0 Å². The Balaban J connectivity index is 4.46. The van der Waals surface area contributed by atoms with Gasteiger partial charge >= 0.3 is 17.9 Å². The van der Waals surface area contributed by atoms with Gasteiger partial charge < -0.3 is 14.2 Å². The van der Waals surface area contributed by atoms with Crippen LogP contribution in [-0.2, 0) is 28.6 Å². The summed E-state index contributed by atoms with van der Waals surface area (Å²) in [5, 5.41) is 0. The summed E-state index contributed by atoms with van der Waals surface area (Å²) in [6.45, 7) is 6.41. The second-order valence-corrected chi connectivity index (χ2v) is 16.3. The minimum absolute atomic E-state index is 0.101. The van der Waals surface area contributed by atoms with Crippen LogP contribution < -0.4 is 0 Å². The Labute approximate surface area is 375 Å². The summed E-state index contributed by atoms with van der Waals surface area (Å²) in [4.78, 5) is 37.8. The van der Waals surface area contributed by atoms with Crippen LogP contribution in [0.5, 0.6) is 0 Å². The maximum absolute atomic E-state index is 12.8. The molecule has 0 fully saturated rings. The summed E-state index contributed by atoms with van der Waals surface area (Å²) < 4.78 is 16.7. The summed E-state index contributed by atoms with van der Waals surface area (Å²) in [6, 6.07) is 0. The highest BCUT2D eigenvalue weighted by molar-refractivity contribution is 5.71. The van der Waals surface area contributed by atoms with Crippen molar-refractivity contribution in [3.63, 3.8) is 0 Å². The van der Waals surface area contributed by atoms with Crippen molar-refractivity contribution in [1.82, 2.24) is 0 Å². The predicted molar refractivity (Wildman–Crippen MR) is 261 cm³/mol. The summed E-state index contributed by atoms with van der Waals surface area (Å²) in [6.07, 6.45) is 62.9. The highest BCUT2D eigenvalue weighted by Gasteiger charge is 2.19. The van der Waals surface area contributed by atoms with Gasteiger partial charge in [-0.3, -0.25) is 14.4 Å². The summed E-state index contributed by atoms with van der Waals surface area (Å²) in [5.74, 6) is -0.998. The zero-order valence-electron chi connectivity index (χ0n) is 39.7. The maximum atomic E-state index is 12.8. The molecule has 0 aromatic rings. The van der Waals surface area contributed by atoms with Crippen LogP contribution in [0.3, 0.4) is 0 Å². The van der Waals surface area contributed by atoms with Gasteiger partial charge in [0.15, 0.2) is 6.10 Å². The Morgan fingerprint density at radius 1 is 0.344 bits per heavy atom. The molecule has 0 rings (SSSR count). The van der Waals surface area contributed by atoms with Gasteiger partial charge in [-0.1, -0.05) is 209 Å². The van der Waals surface area contributed by atoms with Gasteiger partial charge in [0.25, 0.3) is 0 Å². The van der Waals surface area contributed by atoms with E-state index in [-0.39, 0.29) is 37.5 Å². The molecule has 0 bridgehead atoms. The number of ether oxygens (including phenoxy) is 3. The highest BCUT2D eigenvalue weighted by atomic mass is 16.6. The van der Waals surface area contributed by atoms with Gasteiger partial charge in [0, 0.05) is 19.3 Å². The van der Waals surface area contributed by atoms with Crippen LogP contribution in [0.4, 0.5) is 0 Å². The van der Waals surface area contributed by atoms with Crippen molar-refractivity contribution >= 4 is 17.9 Å². The number of rotatable bonds is 44. The van der Waals surface area contributed by atoms with E-state index in [1.165, 1.54) is 103 Å². The Hall–Kier alpha value is -3.41. The first-order valence-electron chi connectivity index (χ1n) is 25.1. The fraction of sp³-hybridized carbons (Fsp3) is 0.691. The van der Waals surface area contributed by atoms with Crippen molar-refractivity contribution in [2.24, 2.45) is 0 Å². The smallest absolute Gasteiger partial charge is 0.306 e. The molecule has 348 valence electrons. The molecule has 6 heteroatoms. The highest BCUT2D eigenvalue weighted by Crippen LogP contribution is 2.14. The Morgan fingerprint density at radius 3 is 1.11 bits per heavy atom. The second-order valence-electron chi connectivity index (χ2n) is 16.3. The molecule has 0 aromatic carbocycles. The van der Waals surface area contributed by atoms with Crippen LogP contribution in [0.15, 0.2) is 85.1 Å². The number of hydrogen-bond donors (Lipinski definition) is 0. The monoisotopic (exact) mass is 849 g/mol. The first-order valence-corrected chi connectivity index (χ1v) is 25.1. The number of carbonyl (C=O) groups excluding carboxylic acids is 3. The molecule has 0 aliphatic rings. The number of esters is 3. The molecule has 6 nitrogen and oxygen atoms in total. The molecule has 0 aliphatic carbocycles. The molecule has 0 N–H and O–H groups in total. The van der Waals surface area contributed by atoms with E-state index in [9.17, 15) is 14.4 Å². The average molecular weight is 849 g/mol. The van der Waals surface area contributed by atoms with E-state index >= 15 is 0 Å². The average Bonchev–Trinajstić information content (AvgIpc) is 3.26. The van der Waals surface area contributed by atoms with Crippen LogP contribution in [0.25, 0.3) is 0 Å². The lowest BCUT2D eigenvalue weighted by atomic mass is 10.1. The summed E-state index contributed by atoms with van der Waals surface area (Å²) in [7, 11) is 0. The molecular formula is C55H92O6. The molecule has 61 heavy (non-hydrogen) atoms. The van der Waals surface area contributed by atoms with Gasteiger partial charge in [0.2, 0.25) is 0 Å². The SMILES string of the molecule is CC/C=C\C/C=C\C/C=C\C/C=C\C/C=C\C/C=C\CCC(=O)OCC(COC(=O)CCCCCCCCCCC)OC(=O)CCCCCCCCC/C=C\CCCCCC. The minimum atomic E-state index is -0.806. The molecule has 0 amide bonds. The minimum Gasteiger partial charge on any atom is -0.462 e. The molecule has 1 atom stereocenters. The molecule has 0 saturated carbocycles. The first-order chi connectivity index (χ1) is 30.0. The lowest BCUT2D eigenvalue weighted by molar-refractivity contribution is -0.166. The van der Waals surface area contributed by atoms with Crippen molar-refractivity contribution in [1.29, 1.82) is 0 Å². The number of unbranched alkanes of at least 4 members (excludes halogenated alkanes) is 19. The van der Waals surface area contributed by atoms with E-state index in [0.717, 1.165) is 77.0 Å². The Bertz CT molecular complexity index is 1200. The molecule has 0 heterocycles. The Morgan fingerprint density at radius 2 is 0.672 bits per heavy atom. The first kappa shape index (κ1) is 57.6. The topological polar surface area (TPSA) is 78.9 Å². The molecule has 0 aromatic heterocycles. The molecule has 0 radical (unpaired) electrons. The van der Waals surface area contributed by atoms with Gasteiger partial charge in [-0.15, -0.1) is 0 Å². The fourth-order valence-electron chi connectivity index (χ4n) is 6.64. The van der Waals surface area contributed by atoms with Crippen molar-refractivity contribution in [3.8, 4) is 0 Å². The van der Waals surface area contributed by atoms with E-state index < -0.39 is 6.10 Å².